The van der Waals surface area contributed by atoms with Crippen LogP contribution in [0.15, 0.2) is 42.5 Å². The number of ether oxygens (including phenoxy) is 1. The number of phenolic OH excluding ortho intramolecular Hbond substituents is 1. The van der Waals surface area contributed by atoms with Crippen molar-refractivity contribution >= 4 is 16.0 Å². The molecule has 0 amide bonds. The van der Waals surface area contributed by atoms with Gasteiger partial charge < -0.3 is 9.84 Å². The maximum absolute atomic E-state index is 12.9. The van der Waals surface area contributed by atoms with Gasteiger partial charge in [0.2, 0.25) is 10.0 Å². The lowest BCUT2D eigenvalue weighted by Crippen LogP contribution is -2.52. The van der Waals surface area contributed by atoms with Crippen LogP contribution >= 0.6 is 0 Å². The average Bonchev–Trinajstić information content (AvgIpc) is 2.73. The number of methoxy groups -OCH3 is 1. The van der Waals surface area contributed by atoms with Crippen molar-refractivity contribution in [2.75, 3.05) is 20.2 Å². The second-order valence-corrected chi connectivity index (χ2v) is 10.8. The van der Waals surface area contributed by atoms with E-state index in [0.29, 0.717) is 25.9 Å². The molecule has 1 aliphatic heterocycles. The molecular formula is C23H29NO5S. The predicted molar refractivity (Wildman–Crippen MR) is 117 cm³/mol. The smallest absolute Gasteiger partial charge is 0.328 e. The van der Waals surface area contributed by atoms with Crippen LogP contribution in [0.2, 0.25) is 0 Å². The average molecular weight is 432 g/mol. The third kappa shape index (κ3) is 4.09. The first-order valence-electron chi connectivity index (χ1n) is 10.1. The summed E-state index contributed by atoms with van der Waals surface area (Å²) in [5, 5.41) is 9.74. The van der Waals surface area contributed by atoms with Gasteiger partial charge in [0, 0.05) is 13.1 Å². The standard InChI is InChI=1S/C23H29NO5S/c1-16-14-18(8-9-21(16)19-6-5-7-20(25)15-19)17-10-12-24(13-11-17)30(27,28)23(2,3)22(26)29-4/h5-9,14-15,17,25H,10-13H2,1-4H3. The summed E-state index contributed by atoms with van der Waals surface area (Å²) >= 11 is 0. The highest BCUT2D eigenvalue weighted by molar-refractivity contribution is 7.91. The number of phenols is 1. The number of aryl methyl sites for hydroxylation is 1. The third-order valence-electron chi connectivity index (χ3n) is 5.99. The van der Waals surface area contributed by atoms with Crippen molar-refractivity contribution in [1.82, 2.24) is 4.31 Å². The van der Waals surface area contributed by atoms with Crippen LogP contribution in [0.4, 0.5) is 0 Å². The molecule has 30 heavy (non-hydrogen) atoms. The molecule has 1 aliphatic rings. The van der Waals surface area contributed by atoms with Crippen molar-refractivity contribution in [1.29, 1.82) is 0 Å². The Bertz CT molecular complexity index is 1040. The van der Waals surface area contributed by atoms with Gasteiger partial charge >= 0.3 is 5.97 Å². The maximum atomic E-state index is 12.9. The summed E-state index contributed by atoms with van der Waals surface area (Å²) in [6, 6.07) is 13.5. The van der Waals surface area contributed by atoms with Crippen LogP contribution in [-0.2, 0) is 19.6 Å². The van der Waals surface area contributed by atoms with E-state index in [9.17, 15) is 18.3 Å². The molecule has 0 bridgehead atoms. The van der Waals surface area contributed by atoms with E-state index in [2.05, 4.69) is 18.2 Å². The van der Waals surface area contributed by atoms with Crippen molar-refractivity contribution in [2.45, 2.75) is 44.3 Å². The number of carbonyl (C=O) groups is 1. The number of rotatable bonds is 5. The first kappa shape index (κ1) is 22.3. The topological polar surface area (TPSA) is 83.9 Å². The summed E-state index contributed by atoms with van der Waals surface area (Å²) in [6.07, 6.45) is 1.39. The Morgan fingerprint density at radius 1 is 1.13 bits per heavy atom. The first-order valence-corrected chi connectivity index (χ1v) is 11.5. The summed E-state index contributed by atoms with van der Waals surface area (Å²) in [4.78, 5) is 12.0. The number of carbonyl (C=O) groups excluding carboxylic acids is 1. The van der Waals surface area contributed by atoms with E-state index in [0.717, 1.165) is 16.7 Å². The van der Waals surface area contributed by atoms with E-state index in [1.165, 1.54) is 30.8 Å². The van der Waals surface area contributed by atoms with Crippen molar-refractivity contribution in [3.05, 3.63) is 53.6 Å². The lowest BCUT2D eigenvalue weighted by Gasteiger charge is -2.35. The highest BCUT2D eigenvalue weighted by Crippen LogP contribution is 2.35. The van der Waals surface area contributed by atoms with Gasteiger partial charge in [0.25, 0.3) is 0 Å². The number of sulfonamides is 1. The minimum absolute atomic E-state index is 0.236. The van der Waals surface area contributed by atoms with Gasteiger partial charge in [0.05, 0.1) is 7.11 Å². The molecule has 3 rings (SSSR count). The van der Waals surface area contributed by atoms with Gasteiger partial charge in [0.1, 0.15) is 5.75 Å². The zero-order valence-corrected chi connectivity index (χ0v) is 18.7. The molecule has 0 saturated carbocycles. The SMILES string of the molecule is COC(=O)C(C)(C)S(=O)(=O)N1CCC(c2ccc(-c3cccc(O)c3)c(C)c2)CC1. The third-order valence-corrected chi connectivity index (χ3v) is 8.50. The number of hydrogen-bond donors (Lipinski definition) is 1. The van der Waals surface area contributed by atoms with Gasteiger partial charge in [-0.2, -0.15) is 0 Å². The molecule has 1 fully saturated rings. The molecule has 2 aromatic rings. The number of piperidine rings is 1. The molecule has 1 N–H and O–H groups in total. The van der Waals surface area contributed by atoms with E-state index in [4.69, 9.17) is 4.74 Å². The Hall–Kier alpha value is -2.38. The highest BCUT2D eigenvalue weighted by Gasteiger charge is 2.47. The summed E-state index contributed by atoms with van der Waals surface area (Å²) in [6.45, 7) is 5.58. The summed E-state index contributed by atoms with van der Waals surface area (Å²) < 4.78 is 30.4. The predicted octanol–water partition coefficient (Wildman–Crippen LogP) is 3.83. The van der Waals surface area contributed by atoms with Crippen LogP contribution in [0.1, 0.15) is 43.7 Å². The Balaban J connectivity index is 1.74. The normalized spacial score (nSPS) is 16.4. The Morgan fingerprint density at radius 2 is 1.80 bits per heavy atom. The minimum Gasteiger partial charge on any atom is -0.508 e. The zero-order chi connectivity index (χ0) is 22.1. The van der Waals surface area contributed by atoms with E-state index in [1.807, 2.05) is 19.1 Å². The largest absolute Gasteiger partial charge is 0.508 e. The van der Waals surface area contributed by atoms with Crippen LogP contribution in [-0.4, -0.2) is 48.7 Å². The minimum atomic E-state index is -3.80. The van der Waals surface area contributed by atoms with Gasteiger partial charge in [-0.3, -0.25) is 4.79 Å². The van der Waals surface area contributed by atoms with Crippen molar-refractivity contribution in [3.8, 4) is 16.9 Å². The van der Waals surface area contributed by atoms with Crippen LogP contribution in [0.3, 0.4) is 0 Å². The second kappa shape index (κ2) is 8.40. The molecule has 0 unspecified atom stereocenters. The van der Waals surface area contributed by atoms with Crippen LogP contribution in [0.5, 0.6) is 5.75 Å². The van der Waals surface area contributed by atoms with Crippen LogP contribution in [0.25, 0.3) is 11.1 Å². The van der Waals surface area contributed by atoms with Gasteiger partial charge in [-0.25, -0.2) is 12.7 Å². The Labute approximate surface area is 178 Å². The maximum Gasteiger partial charge on any atom is 0.328 e. The lowest BCUT2D eigenvalue weighted by atomic mass is 9.87. The van der Waals surface area contributed by atoms with Crippen LogP contribution < -0.4 is 0 Å². The molecule has 0 aromatic heterocycles. The summed E-state index contributed by atoms with van der Waals surface area (Å²) in [5.74, 6) is -0.253. The Morgan fingerprint density at radius 3 is 2.37 bits per heavy atom. The number of aromatic hydroxyl groups is 1. The Kier molecular flexibility index (Phi) is 6.24. The molecule has 0 spiro atoms. The fourth-order valence-electron chi connectivity index (χ4n) is 4.04. The fraction of sp³-hybridized carbons (Fsp3) is 0.435. The van der Waals surface area contributed by atoms with E-state index in [1.54, 1.807) is 12.1 Å². The monoisotopic (exact) mass is 431 g/mol. The van der Waals surface area contributed by atoms with Crippen LogP contribution in [0, 0.1) is 6.92 Å². The lowest BCUT2D eigenvalue weighted by molar-refractivity contribution is -0.142. The van der Waals surface area contributed by atoms with Gasteiger partial charge in [0.15, 0.2) is 4.75 Å². The molecule has 1 saturated heterocycles. The van der Waals surface area contributed by atoms with Gasteiger partial charge in [-0.1, -0.05) is 30.3 Å². The second-order valence-electron chi connectivity index (χ2n) is 8.30. The van der Waals surface area contributed by atoms with Crippen molar-refractivity contribution in [2.24, 2.45) is 0 Å². The summed E-state index contributed by atoms with van der Waals surface area (Å²) in [7, 11) is -2.60. The summed E-state index contributed by atoms with van der Waals surface area (Å²) in [5.41, 5.74) is 4.32. The molecule has 7 heteroatoms. The molecule has 0 radical (unpaired) electrons. The van der Waals surface area contributed by atoms with Crippen molar-refractivity contribution in [3.63, 3.8) is 0 Å². The molecule has 0 atom stereocenters. The van der Waals surface area contributed by atoms with E-state index >= 15 is 0 Å². The molecule has 1 heterocycles. The zero-order valence-electron chi connectivity index (χ0n) is 17.9. The highest BCUT2D eigenvalue weighted by atomic mass is 32.2. The van der Waals surface area contributed by atoms with Gasteiger partial charge in [-0.05, 0) is 73.9 Å². The molecule has 162 valence electrons. The quantitative estimate of drug-likeness (QED) is 0.728. The molecule has 6 nitrogen and oxygen atoms in total. The molecular weight excluding hydrogens is 402 g/mol. The number of benzene rings is 2. The van der Waals surface area contributed by atoms with Crippen molar-refractivity contribution < 1.29 is 23.1 Å². The fourth-order valence-corrected chi connectivity index (χ4v) is 5.67. The number of esters is 1. The number of nitrogens with zero attached hydrogens (tertiary/aromatic N) is 1. The van der Waals surface area contributed by atoms with E-state index in [-0.39, 0.29) is 11.7 Å². The molecule has 0 aliphatic carbocycles. The first-order chi connectivity index (χ1) is 14.1. The van der Waals surface area contributed by atoms with E-state index < -0.39 is 20.7 Å². The molecule has 2 aromatic carbocycles. The number of hydrogen-bond acceptors (Lipinski definition) is 5. The van der Waals surface area contributed by atoms with Gasteiger partial charge in [-0.15, -0.1) is 0 Å².